The van der Waals surface area contributed by atoms with Crippen LogP contribution in [0.1, 0.15) is 329 Å². The minimum absolute atomic E-state index is 0. The molecule has 0 amide bonds. The van der Waals surface area contributed by atoms with Gasteiger partial charge < -0.3 is 28.4 Å². The Morgan fingerprint density at radius 3 is 0.581 bits per heavy atom. The molecule has 8 heteroatoms. The molecule has 0 saturated heterocycles. The van der Waals surface area contributed by atoms with Gasteiger partial charge in [0, 0.05) is 0 Å². The monoisotopic (exact) mass is 925 g/mol. The van der Waals surface area contributed by atoms with Crippen molar-refractivity contribution in [2.24, 2.45) is 0 Å². The fourth-order valence-electron chi connectivity index (χ4n) is 8.26. The highest BCUT2D eigenvalue weighted by Crippen LogP contribution is 2.16. The van der Waals surface area contributed by atoms with Crippen LogP contribution < -0.4 is 23.9 Å². The van der Waals surface area contributed by atoms with E-state index in [1.807, 2.05) is 0 Å². The molecule has 0 bridgehead atoms. The van der Waals surface area contributed by atoms with E-state index < -0.39 is 10.4 Å². The maximum atomic E-state index is 10.2. The fraction of sp³-hybridized carbons (Fsp3) is 1.00. The van der Waals surface area contributed by atoms with Crippen LogP contribution in [0.5, 0.6) is 0 Å². The third kappa shape index (κ3) is 77.3. The maximum Gasteiger partial charge on any atom is 0.217 e. The molecule has 6 N–H and O–H groups in total. The molecule has 0 radical (unpaired) electrons. The number of hydrogen-bond acceptors (Lipinski definition) is 4. The Morgan fingerprint density at radius 1 is 0.290 bits per heavy atom. The zero-order chi connectivity index (χ0) is 45.3. The molecule has 0 rings (SSSR count). The van der Waals surface area contributed by atoms with Crippen molar-refractivity contribution in [3.8, 4) is 0 Å². The lowest BCUT2D eigenvalue weighted by Gasteiger charge is -2.07. The predicted molar refractivity (Wildman–Crippen MR) is 270 cm³/mol. The van der Waals surface area contributed by atoms with Crippen LogP contribution in [0.25, 0.3) is 0 Å². The molecular formula is C54H117ClN2O4S. The van der Waals surface area contributed by atoms with E-state index in [2.05, 4.69) is 36.4 Å². The number of halogens is 1. The van der Waals surface area contributed by atoms with Crippen LogP contribution in [-0.2, 0) is 14.6 Å². The van der Waals surface area contributed by atoms with E-state index in [-0.39, 0.29) is 19.0 Å². The van der Waals surface area contributed by atoms with Gasteiger partial charge in [-0.1, -0.05) is 297 Å². The van der Waals surface area contributed by atoms with E-state index in [4.69, 9.17) is 0 Å². The van der Waals surface area contributed by atoms with Crippen molar-refractivity contribution in [3.63, 3.8) is 0 Å². The highest BCUT2D eigenvalue weighted by molar-refractivity contribution is 7.80. The van der Waals surface area contributed by atoms with Gasteiger partial charge in [-0.15, -0.1) is 0 Å². The van der Waals surface area contributed by atoms with Crippen molar-refractivity contribution in [3.05, 3.63) is 0 Å². The Morgan fingerprint density at radius 2 is 0.435 bits per heavy atom. The molecule has 0 unspecified atom stereocenters. The molecule has 0 aliphatic carbocycles. The van der Waals surface area contributed by atoms with E-state index in [9.17, 15) is 13.0 Å². The Bertz CT molecular complexity index is 769. The molecule has 0 aliphatic rings. The van der Waals surface area contributed by atoms with Crippen LogP contribution in [0.15, 0.2) is 0 Å². The van der Waals surface area contributed by atoms with Crippen molar-refractivity contribution in [1.29, 1.82) is 0 Å². The summed E-state index contributed by atoms with van der Waals surface area (Å²) in [5, 5.41) is 0. The molecular weight excluding hydrogens is 808 g/mol. The van der Waals surface area contributed by atoms with Gasteiger partial charge in [-0.25, -0.2) is 8.42 Å². The van der Waals surface area contributed by atoms with E-state index in [0.717, 1.165) is 25.9 Å². The molecule has 0 saturated carbocycles. The van der Waals surface area contributed by atoms with Gasteiger partial charge in [-0.2, -0.15) is 0 Å². The van der Waals surface area contributed by atoms with Gasteiger partial charge in [0.25, 0.3) is 0 Å². The first-order chi connectivity index (χ1) is 29.9. The average Bonchev–Trinajstić information content (AvgIpc) is 3.25. The van der Waals surface area contributed by atoms with Crippen LogP contribution in [-0.4, -0.2) is 32.7 Å². The van der Waals surface area contributed by atoms with Crippen LogP contribution in [0.3, 0.4) is 0 Å². The quantitative estimate of drug-likeness (QED) is 0.0358. The van der Waals surface area contributed by atoms with Gasteiger partial charge >= 0.3 is 0 Å². The molecule has 62 heavy (non-hydrogen) atoms. The topological polar surface area (TPSA) is 122 Å². The second-order valence-electron chi connectivity index (χ2n) is 18.8. The summed E-state index contributed by atoms with van der Waals surface area (Å²) in [6.07, 6.45) is 66.7. The van der Waals surface area contributed by atoms with Gasteiger partial charge in [0.05, 0.1) is 19.7 Å². The summed E-state index contributed by atoms with van der Waals surface area (Å²) in [6.45, 7) is 9.12. The molecule has 0 aliphatic heterocycles. The summed E-state index contributed by atoms with van der Waals surface area (Å²) in [7, 11) is -4.49. The molecule has 0 spiro atoms. The van der Waals surface area contributed by atoms with Crippen molar-refractivity contribution in [2.75, 3.05) is 19.7 Å². The third-order valence-corrected chi connectivity index (χ3v) is 12.9. The normalized spacial score (nSPS) is 11.2. The minimum Gasteiger partial charge on any atom is -1.00 e. The van der Waals surface area contributed by atoms with Crippen molar-refractivity contribution < 1.29 is 41.0 Å². The maximum absolute atomic E-state index is 10.2. The van der Waals surface area contributed by atoms with Crippen LogP contribution in [0.2, 0.25) is 0 Å². The van der Waals surface area contributed by atoms with Crippen LogP contribution in [0.4, 0.5) is 0 Å². The minimum atomic E-state index is -4.49. The Balaban J connectivity index is -0.000000406. The van der Waals surface area contributed by atoms with Gasteiger partial charge in [0.2, 0.25) is 10.4 Å². The lowest BCUT2D eigenvalue weighted by atomic mass is 10.0. The first-order valence-corrected chi connectivity index (χ1v) is 29.4. The largest absolute Gasteiger partial charge is 1.00 e. The smallest absolute Gasteiger partial charge is 0.217 e. The SMILES string of the molecule is CCCCCCCCCCCCCCCCCCOS(=O)(=O)[O-].CCCCCCCCCCCCCCCCCC[NH3+].CCCCCCCCCCCCCCCCCC[NH3+].[Cl-]. The molecule has 0 aromatic rings. The zero-order valence-corrected chi connectivity index (χ0v) is 44.5. The van der Waals surface area contributed by atoms with E-state index in [0.29, 0.717) is 6.42 Å². The van der Waals surface area contributed by atoms with E-state index >= 15 is 0 Å². The highest BCUT2D eigenvalue weighted by Gasteiger charge is 1.98. The third-order valence-electron chi connectivity index (χ3n) is 12.4. The summed E-state index contributed by atoms with van der Waals surface area (Å²) >= 11 is 0. The molecule has 0 aromatic heterocycles. The number of quaternary nitrogens is 2. The first-order valence-electron chi connectivity index (χ1n) is 28.1. The first kappa shape index (κ1) is 68.7. The summed E-state index contributed by atoms with van der Waals surface area (Å²) in [6, 6.07) is 0. The van der Waals surface area contributed by atoms with E-state index in [1.165, 1.54) is 289 Å². The second-order valence-corrected chi connectivity index (χ2v) is 19.9. The highest BCUT2D eigenvalue weighted by atomic mass is 35.5. The lowest BCUT2D eigenvalue weighted by Crippen LogP contribution is -3.00. The lowest BCUT2D eigenvalue weighted by molar-refractivity contribution is -0.368. The van der Waals surface area contributed by atoms with Gasteiger partial charge in [-0.05, 0) is 32.1 Å². The number of rotatable bonds is 50. The Hall–Kier alpha value is 0.0800. The summed E-state index contributed by atoms with van der Waals surface area (Å²) in [4.78, 5) is 0. The number of unbranched alkanes of at least 4 members (excludes halogenated alkanes) is 45. The van der Waals surface area contributed by atoms with Crippen molar-refractivity contribution in [1.82, 2.24) is 0 Å². The number of hydrogen-bond donors (Lipinski definition) is 2. The summed E-state index contributed by atoms with van der Waals surface area (Å²) in [5.41, 5.74) is 7.78. The molecule has 0 fully saturated rings. The van der Waals surface area contributed by atoms with Crippen LogP contribution >= 0.6 is 0 Å². The molecule has 0 atom stereocenters. The molecule has 0 aromatic carbocycles. The fourth-order valence-corrected chi connectivity index (χ4v) is 8.58. The second kappa shape index (κ2) is 65.4. The van der Waals surface area contributed by atoms with Gasteiger partial charge in [-0.3, -0.25) is 4.18 Å². The average molecular weight is 926 g/mol. The van der Waals surface area contributed by atoms with Gasteiger partial charge in [0.1, 0.15) is 0 Å². The molecule has 6 nitrogen and oxygen atoms in total. The zero-order valence-electron chi connectivity index (χ0n) is 42.9. The summed E-state index contributed by atoms with van der Waals surface area (Å²) < 4.78 is 34.8. The van der Waals surface area contributed by atoms with Gasteiger partial charge in [0.15, 0.2) is 0 Å². The Labute approximate surface area is 398 Å². The summed E-state index contributed by atoms with van der Waals surface area (Å²) in [5.74, 6) is 0. The van der Waals surface area contributed by atoms with Crippen molar-refractivity contribution in [2.45, 2.75) is 329 Å². The van der Waals surface area contributed by atoms with Crippen molar-refractivity contribution >= 4 is 10.4 Å². The Kier molecular flexibility index (Phi) is 72.4. The standard InChI is InChI=1S/2C18H39N.C18H38O4S.ClH/c2*1-2-3-4-5-6-7-8-9-10-11-12-13-14-15-16-17-18-19;1-2-3-4-5-6-7-8-9-10-11-12-13-14-15-16-17-18-22-23(19,20)21;/h2*2-19H2,1H3;2-18H2,1H3,(H,19,20,21);1H. The molecule has 380 valence electrons. The molecule has 0 heterocycles. The van der Waals surface area contributed by atoms with Crippen LogP contribution in [0, 0.1) is 0 Å². The predicted octanol–water partition coefficient (Wildman–Crippen LogP) is 13.7. The van der Waals surface area contributed by atoms with E-state index in [1.54, 1.807) is 0 Å².